The van der Waals surface area contributed by atoms with E-state index >= 15 is 0 Å². The van der Waals surface area contributed by atoms with Gasteiger partial charge in [0.15, 0.2) is 0 Å². The van der Waals surface area contributed by atoms with Crippen LogP contribution in [-0.4, -0.2) is 44.9 Å². The predicted octanol–water partition coefficient (Wildman–Crippen LogP) is 0.732. The fraction of sp³-hybridized carbons (Fsp3) is 0.286. The second-order valence-electron chi connectivity index (χ2n) is 4.29. The lowest BCUT2D eigenvalue weighted by atomic mass is 10.1. The first-order chi connectivity index (χ1) is 9.84. The van der Waals surface area contributed by atoms with Crippen LogP contribution >= 0.6 is 0 Å². The molecule has 1 unspecified atom stereocenters. The number of rotatable bonds is 6. The maximum Gasteiger partial charge on any atom is 0.326 e. The molecule has 0 saturated carbocycles. The summed E-state index contributed by atoms with van der Waals surface area (Å²) in [6.45, 7) is 4.99. The highest BCUT2D eigenvalue weighted by atomic mass is 16.4. The van der Waals surface area contributed by atoms with E-state index < -0.39 is 36.2 Å². The molecule has 2 amide bonds. The molecular weight excluding hydrogens is 278 g/mol. The van der Waals surface area contributed by atoms with E-state index in [0.717, 1.165) is 0 Å². The van der Waals surface area contributed by atoms with Crippen molar-refractivity contribution in [1.29, 1.82) is 0 Å². The normalized spacial score (nSPS) is 20.1. The number of allylic oxidation sites excluding steroid dienone is 3. The van der Waals surface area contributed by atoms with Crippen LogP contribution in [0, 0.1) is 0 Å². The highest BCUT2D eigenvalue weighted by molar-refractivity contribution is 6.25. The summed E-state index contributed by atoms with van der Waals surface area (Å²) in [5.41, 5.74) is 0.139. The van der Waals surface area contributed by atoms with Gasteiger partial charge in [-0.3, -0.25) is 19.3 Å². The number of nitrogens with zero attached hydrogens (tertiary/aromatic N) is 1. The first-order valence-electron chi connectivity index (χ1n) is 6.17. The summed E-state index contributed by atoms with van der Waals surface area (Å²) in [6.07, 6.45) is 3.25. The summed E-state index contributed by atoms with van der Waals surface area (Å²) in [4.78, 5) is 46.8. The van der Waals surface area contributed by atoms with Crippen LogP contribution in [0.5, 0.6) is 0 Å². The Balaban J connectivity index is 3.20. The van der Waals surface area contributed by atoms with Crippen LogP contribution in [0.4, 0.5) is 0 Å². The van der Waals surface area contributed by atoms with Gasteiger partial charge in [0.25, 0.3) is 11.8 Å². The SMILES string of the molecule is C=C/C=C1/C(=O)N(C(CCC(=O)O)C(=O)O)C(=O)/C1=C/C. The van der Waals surface area contributed by atoms with E-state index in [4.69, 9.17) is 10.2 Å². The van der Waals surface area contributed by atoms with Crippen LogP contribution in [0.3, 0.4) is 0 Å². The highest BCUT2D eigenvalue weighted by Crippen LogP contribution is 2.28. The van der Waals surface area contributed by atoms with Crippen LogP contribution in [0.2, 0.25) is 0 Å². The molecule has 21 heavy (non-hydrogen) atoms. The Labute approximate surface area is 120 Å². The van der Waals surface area contributed by atoms with Crippen LogP contribution in [0.1, 0.15) is 19.8 Å². The van der Waals surface area contributed by atoms with Gasteiger partial charge in [-0.1, -0.05) is 18.7 Å². The van der Waals surface area contributed by atoms with E-state index in [1.54, 1.807) is 6.92 Å². The molecule has 0 aromatic rings. The lowest BCUT2D eigenvalue weighted by molar-refractivity contribution is -0.154. The summed E-state index contributed by atoms with van der Waals surface area (Å²) < 4.78 is 0. The number of amides is 2. The molecular formula is C14H15NO6. The van der Waals surface area contributed by atoms with Gasteiger partial charge in [0.2, 0.25) is 0 Å². The number of carbonyl (C=O) groups is 4. The zero-order valence-corrected chi connectivity index (χ0v) is 11.4. The van der Waals surface area contributed by atoms with E-state index in [2.05, 4.69) is 6.58 Å². The van der Waals surface area contributed by atoms with Crippen molar-refractivity contribution in [2.45, 2.75) is 25.8 Å². The maximum atomic E-state index is 12.2. The van der Waals surface area contributed by atoms with Crippen LogP contribution in [0.25, 0.3) is 0 Å². The molecule has 1 fully saturated rings. The van der Waals surface area contributed by atoms with Crippen molar-refractivity contribution in [2.75, 3.05) is 0 Å². The quantitative estimate of drug-likeness (QED) is 0.551. The molecule has 1 atom stereocenters. The molecule has 0 aliphatic carbocycles. The van der Waals surface area contributed by atoms with E-state index in [1.807, 2.05) is 0 Å². The van der Waals surface area contributed by atoms with Crippen molar-refractivity contribution in [3.05, 3.63) is 36.0 Å². The summed E-state index contributed by atoms with van der Waals surface area (Å²) in [7, 11) is 0. The first kappa shape index (κ1) is 16.4. The van der Waals surface area contributed by atoms with E-state index in [1.165, 1.54) is 18.2 Å². The Kier molecular flexibility index (Phi) is 5.18. The van der Waals surface area contributed by atoms with E-state index in [-0.39, 0.29) is 17.6 Å². The Morgan fingerprint density at radius 3 is 2.24 bits per heavy atom. The van der Waals surface area contributed by atoms with Gasteiger partial charge in [-0.2, -0.15) is 0 Å². The largest absolute Gasteiger partial charge is 0.481 e. The molecule has 1 aliphatic rings. The molecule has 1 rings (SSSR count). The number of aliphatic carboxylic acids is 2. The fourth-order valence-electron chi connectivity index (χ4n) is 2.05. The van der Waals surface area contributed by atoms with Crippen molar-refractivity contribution in [3.8, 4) is 0 Å². The predicted molar refractivity (Wildman–Crippen MR) is 72.2 cm³/mol. The van der Waals surface area contributed by atoms with Gasteiger partial charge in [0.05, 0.1) is 5.57 Å². The van der Waals surface area contributed by atoms with Gasteiger partial charge >= 0.3 is 11.9 Å². The smallest absolute Gasteiger partial charge is 0.326 e. The Morgan fingerprint density at radius 2 is 1.81 bits per heavy atom. The lowest BCUT2D eigenvalue weighted by Gasteiger charge is -2.21. The number of likely N-dealkylation sites (tertiary alicyclic amines) is 1. The number of imide groups is 1. The summed E-state index contributed by atoms with van der Waals surface area (Å²) in [5.74, 6) is -4.12. The minimum Gasteiger partial charge on any atom is -0.481 e. The summed E-state index contributed by atoms with van der Waals surface area (Å²) >= 11 is 0. The molecule has 1 heterocycles. The van der Waals surface area contributed by atoms with Crippen LogP contribution in [-0.2, 0) is 19.2 Å². The Hall–Kier alpha value is -2.70. The molecule has 1 aliphatic heterocycles. The fourth-order valence-corrected chi connectivity index (χ4v) is 2.05. The summed E-state index contributed by atoms with van der Waals surface area (Å²) in [5, 5.41) is 17.8. The highest BCUT2D eigenvalue weighted by Gasteiger charge is 2.44. The van der Waals surface area contributed by atoms with Gasteiger partial charge in [0, 0.05) is 12.0 Å². The molecule has 0 bridgehead atoms. The average Bonchev–Trinajstić information content (AvgIpc) is 2.63. The third-order valence-electron chi connectivity index (χ3n) is 2.99. The van der Waals surface area contributed by atoms with Gasteiger partial charge in [-0.15, -0.1) is 0 Å². The first-order valence-corrected chi connectivity index (χ1v) is 6.17. The molecule has 0 aromatic carbocycles. The lowest BCUT2D eigenvalue weighted by Crippen LogP contribution is -2.45. The molecule has 112 valence electrons. The van der Waals surface area contributed by atoms with Gasteiger partial charge in [-0.25, -0.2) is 4.79 Å². The third-order valence-corrected chi connectivity index (χ3v) is 2.99. The van der Waals surface area contributed by atoms with Gasteiger partial charge in [-0.05, 0) is 19.4 Å². The second-order valence-corrected chi connectivity index (χ2v) is 4.29. The Bertz CT molecular complexity index is 572. The average molecular weight is 293 g/mol. The molecule has 0 spiro atoms. The molecule has 0 aromatic heterocycles. The van der Waals surface area contributed by atoms with Gasteiger partial charge < -0.3 is 10.2 Å². The minimum atomic E-state index is -1.51. The number of hydrogen-bond acceptors (Lipinski definition) is 4. The second kappa shape index (κ2) is 6.65. The number of hydrogen-bond donors (Lipinski definition) is 2. The zero-order valence-electron chi connectivity index (χ0n) is 11.4. The number of carboxylic acid groups (broad SMARTS) is 2. The molecule has 0 radical (unpaired) electrons. The van der Waals surface area contributed by atoms with Crippen molar-refractivity contribution in [1.82, 2.24) is 4.90 Å². The van der Waals surface area contributed by atoms with Crippen molar-refractivity contribution in [3.63, 3.8) is 0 Å². The molecule has 2 N–H and O–H groups in total. The standard InChI is InChI=1S/C14H15NO6/c1-3-5-9-8(4-2)12(18)15(13(9)19)10(14(20)21)6-7-11(16)17/h3-5,10H,1,6-7H2,2H3,(H,16,17)(H,20,21)/b8-4+,9-5+. The van der Waals surface area contributed by atoms with Crippen molar-refractivity contribution in [2.24, 2.45) is 0 Å². The molecule has 7 heteroatoms. The zero-order chi connectivity index (χ0) is 16.2. The molecule has 1 saturated heterocycles. The maximum absolute atomic E-state index is 12.2. The van der Waals surface area contributed by atoms with Crippen LogP contribution < -0.4 is 0 Å². The van der Waals surface area contributed by atoms with E-state index in [9.17, 15) is 19.2 Å². The van der Waals surface area contributed by atoms with Crippen LogP contribution in [0.15, 0.2) is 36.0 Å². The minimum absolute atomic E-state index is 0.0547. The Morgan fingerprint density at radius 1 is 1.24 bits per heavy atom. The van der Waals surface area contributed by atoms with Crippen molar-refractivity contribution >= 4 is 23.8 Å². The van der Waals surface area contributed by atoms with Crippen molar-refractivity contribution < 1.29 is 29.4 Å². The topological polar surface area (TPSA) is 112 Å². The third kappa shape index (κ3) is 3.25. The summed E-state index contributed by atoms with van der Waals surface area (Å²) in [6, 6.07) is -1.51. The van der Waals surface area contributed by atoms with Gasteiger partial charge in [0.1, 0.15) is 6.04 Å². The van der Waals surface area contributed by atoms with E-state index in [0.29, 0.717) is 4.90 Å². The number of carboxylic acids is 2. The monoisotopic (exact) mass is 293 g/mol. The molecule has 7 nitrogen and oxygen atoms in total. The number of carbonyl (C=O) groups excluding carboxylic acids is 2.